The Kier molecular flexibility index (Phi) is 8.10. The molecule has 0 heterocycles. The second-order valence-electron chi connectivity index (χ2n) is 6.51. The van der Waals surface area contributed by atoms with Crippen molar-refractivity contribution < 1.29 is 26.3 Å². The summed E-state index contributed by atoms with van der Waals surface area (Å²) in [6.07, 6.45) is -3.22. The van der Waals surface area contributed by atoms with Gasteiger partial charge in [0.25, 0.3) is 0 Å². The summed E-state index contributed by atoms with van der Waals surface area (Å²) in [6.45, 7) is 2.00. The maximum absolute atomic E-state index is 12.2. The van der Waals surface area contributed by atoms with E-state index in [1.54, 1.807) is 36.4 Å². The maximum atomic E-state index is 12.2. The maximum Gasteiger partial charge on any atom is 0.422 e. The number of nitrogens with zero attached hydrogens (tertiary/aromatic N) is 1. The number of hydrogen-bond acceptors (Lipinski definition) is 4. The van der Waals surface area contributed by atoms with E-state index in [2.05, 4.69) is 20.4 Å². The Balaban J connectivity index is 1.94. The van der Waals surface area contributed by atoms with Gasteiger partial charge in [0.05, 0.1) is 11.4 Å². The average Bonchev–Trinajstić information content (AvgIpc) is 2.68. The van der Waals surface area contributed by atoms with Crippen LogP contribution in [-0.2, 0) is 22.9 Å². The molecule has 0 aromatic heterocycles. The molecule has 0 spiro atoms. The van der Waals surface area contributed by atoms with E-state index in [-0.39, 0.29) is 10.6 Å². The molecular formula is C20H24F3N3O3S. The van der Waals surface area contributed by atoms with Crippen molar-refractivity contribution >= 4 is 15.8 Å². The molecule has 2 aromatic carbocycles. The highest BCUT2D eigenvalue weighted by molar-refractivity contribution is 7.90. The summed E-state index contributed by atoms with van der Waals surface area (Å²) in [5.41, 5.74) is 1.70. The van der Waals surface area contributed by atoms with Crippen LogP contribution >= 0.6 is 0 Å². The van der Waals surface area contributed by atoms with Crippen LogP contribution in [0.4, 0.5) is 13.2 Å². The highest BCUT2D eigenvalue weighted by Crippen LogP contribution is 2.19. The summed E-state index contributed by atoms with van der Waals surface area (Å²) in [5.74, 6) is 0.699. The molecule has 0 aliphatic heterocycles. The highest BCUT2D eigenvalue weighted by atomic mass is 32.2. The predicted octanol–water partition coefficient (Wildman–Crippen LogP) is 3.29. The van der Waals surface area contributed by atoms with E-state index in [4.69, 9.17) is 0 Å². The summed E-state index contributed by atoms with van der Waals surface area (Å²) in [6, 6.07) is 12.8. The standard InChI is InChI=1S/C20H24F3N3O3S/c1-3-24-19(26-13-16-6-10-18(11-7-16)30(2,27)28)25-12-15-4-8-17(9-5-15)29-14-20(21,22)23/h4-11H,3,12-14H2,1-2H3,(H2,24,25,26). The molecule has 6 nitrogen and oxygen atoms in total. The number of guanidine groups is 1. The zero-order chi connectivity index (χ0) is 22.2. The van der Waals surface area contributed by atoms with E-state index in [9.17, 15) is 21.6 Å². The zero-order valence-corrected chi connectivity index (χ0v) is 17.5. The molecule has 0 radical (unpaired) electrons. The molecule has 10 heteroatoms. The van der Waals surface area contributed by atoms with Crippen LogP contribution in [0.1, 0.15) is 18.1 Å². The number of benzene rings is 2. The number of ether oxygens (including phenoxy) is 1. The first kappa shape index (κ1) is 23.5. The van der Waals surface area contributed by atoms with Gasteiger partial charge in [-0.1, -0.05) is 24.3 Å². The minimum Gasteiger partial charge on any atom is -0.484 e. The van der Waals surface area contributed by atoms with Gasteiger partial charge in [-0.15, -0.1) is 0 Å². The Morgan fingerprint density at radius 2 is 1.60 bits per heavy atom. The molecule has 0 unspecified atom stereocenters. The number of hydrogen-bond donors (Lipinski definition) is 2. The topological polar surface area (TPSA) is 79.8 Å². The Morgan fingerprint density at radius 1 is 1.00 bits per heavy atom. The minimum absolute atomic E-state index is 0.141. The van der Waals surface area contributed by atoms with Gasteiger partial charge >= 0.3 is 6.18 Å². The summed E-state index contributed by atoms with van der Waals surface area (Å²) >= 11 is 0. The molecule has 0 aliphatic carbocycles. The van der Waals surface area contributed by atoms with Gasteiger partial charge in [-0.3, -0.25) is 0 Å². The molecular weight excluding hydrogens is 419 g/mol. The van der Waals surface area contributed by atoms with Gasteiger partial charge in [0.2, 0.25) is 0 Å². The Hall–Kier alpha value is -2.75. The van der Waals surface area contributed by atoms with Crippen LogP contribution in [0.2, 0.25) is 0 Å². The molecule has 0 saturated carbocycles. The van der Waals surface area contributed by atoms with Gasteiger partial charge < -0.3 is 15.4 Å². The molecule has 0 atom stereocenters. The van der Waals surface area contributed by atoms with Gasteiger partial charge in [-0.2, -0.15) is 13.2 Å². The van der Waals surface area contributed by atoms with Crippen LogP contribution in [0, 0.1) is 0 Å². The summed E-state index contributed by atoms with van der Waals surface area (Å²) in [4.78, 5) is 4.71. The molecule has 2 N–H and O–H groups in total. The van der Waals surface area contributed by atoms with Crippen molar-refractivity contribution in [2.24, 2.45) is 4.99 Å². The van der Waals surface area contributed by atoms with Crippen LogP contribution in [0.25, 0.3) is 0 Å². The van der Waals surface area contributed by atoms with Crippen molar-refractivity contribution in [2.45, 2.75) is 31.1 Å². The number of halogens is 3. The van der Waals surface area contributed by atoms with Gasteiger partial charge in [0.1, 0.15) is 5.75 Å². The second-order valence-corrected chi connectivity index (χ2v) is 8.53. The SMILES string of the molecule is CCNC(=NCc1ccc(OCC(F)(F)F)cc1)NCc1ccc(S(C)(=O)=O)cc1. The average molecular weight is 443 g/mol. The van der Waals surface area contributed by atoms with E-state index in [1.165, 1.54) is 12.1 Å². The first-order valence-corrected chi connectivity index (χ1v) is 11.1. The van der Waals surface area contributed by atoms with Crippen molar-refractivity contribution in [1.82, 2.24) is 10.6 Å². The van der Waals surface area contributed by atoms with Crippen LogP contribution in [0.15, 0.2) is 58.4 Å². The fourth-order valence-corrected chi connectivity index (χ4v) is 3.04. The summed E-state index contributed by atoms with van der Waals surface area (Å²) in [7, 11) is -3.23. The molecule has 0 fully saturated rings. The molecule has 2 rings (SSSR count). The van der Waals surface area contributed by atoms with Crippen LogP contribution < -0.4 is 15.4 Å². The van der Waals surface area contributed by atoms with Crippen molar-refractivity contribution in [3.63, 3.8) is 0 Å². The number of aliphatic imine (C=N–C) groups is 1. The smallest absolute Gasteiger partial charge is 0.422 e. The Morgan fingerprint density at radius 3 is 2.13 bits per heavy atom. The van der Waals surface area contributed by atoms with Gasteiger partial charge in [0, 0.05) is 19.3 Å². The lowest BCUT2D eigenvalue weighted by Crippen LogP contribution is -2.36. The Bertz CT molecular complexity index is 942. The normalized spacial score (nSPS) is 12.5. The van der Waals surface area contributed by atoms with Crippen LogP contribution in [0.3, 0.4) is 0 Å². The van der Waals surface area contributed by atoms with Crippen molar-refractivity contribution in [1.29, 1.82) is 0 Å². The largest absolute Gasteiger partial charge is 0.484 e. The zero-order valence-electron chi connectivity index (χ0n) is 16.7. The fourth-order valence-electron chi connectivity index (χ4n) is 2.41. The molecule has 0 amide bonds. The quantitative estimate of drug-likeness (QED) is 0.484. The van der Waals surface area contributed by atoms with Gasteiger partial charge in [-0.25, -0.2) is 13.4 Å². The predicted molar refractivity (Wildman–Crippen MR) is 109 cm³/mol. The molecule has 164 valence electrons. The monoisotopic (exact) mass is 443 g/mol. The van der Waals surface area contributed by atoms with E-state index in [0.29, 0.717) is 25.6 Å². The molecule has 0 saturated heterocycles. The molecule has 30 heavy (non-hydrogen) atoms. The second kappa shape index (κ2) is 10.3. The number of alkyl halides is 3. The number of nitrogens with one attached hydrogen (secondary N) is 2. The highest BCUT2D eigenvalue weighted by Gasteiger charge is 2.28. The lowest BCUT2D eigenvalue weighted by molar-refractivity contribution is -0.153. The molecule has 0 aliphatic rings. The number of sulfone groups is 1. The molecule has 0 bridgehead atoms. The first-order valence-electron chi connectivity index (χ1n) is 9.16. The third-order valence-electron chi connectivity index (χ3n) is 3.90. The van der Waals surface area contributed by atoms with Crippen molar-refractivity contribution in [2.75, 3.05) is 19.4 Å². The lowest BCUT2D eigenvalue weighted by atomic mass is 10.2. The lowest BCUT2D eigenvalue weighted by Gasteiger charge is -2.12. The van der Waals surface area contributed by atoms with E-state index in [0.717, 1.165) is 17.4 Å². The summed E-state index contributed by atoms with van der Waals surface area (Å²) in [5, 5.41) is 6.25. The first-order chi connectivity index (χ1) is 14.1. The van der Waals surface area contributed by atoms with Crippen molar-refractivity contribution in [3.05, 3.63) is 59.7 Å². The Labute approximate surface area is 174 Å². The fraction of sp³-hybridized carbons (Fsp3) is 0.350. The van der Waals surface area contributed by atoms with Gasteiger partial charge in [-0.05, 0) is 42.3 Å². The number of rotatable bonds is 8. The minimum atomic E-state index is -4.37. The van der Waals surface area contributed by atoms with Crippen molar-refractivity contribution in [3.8, 4) is 5.75 Å². The van der Waals surface area contributed by atoms with E-state index >= 15 is 0 Å². The molecule has 2 aromatic rings. The van der Waals surface area contributed by atoms with Crippen LogP contribution in [-0.4, -0.2) is 40.0 Å². The third kappa shape index (κ3) is 8.32. The van der Waals surface area contributed by atoms with E-state index in [1.807, 2.05) is 6.92 Å². The summed E-state index contributed by atoms with van der Waals surface area (Å²) < 4.78 is 64.3. The van der Waals surface area contributed by atoms with Crippen LogP contribution in [0.5, 0.6) is 5.75 Å². The van der Waals surface area contributed by atoms with Gasteiger partial charge in [0.15, 0.2) is 22.4 Å². The third-order valence-corrected chi connectivity index (χ3v) is 5.03. The van der Waals surface area contributed by atoms with E-state index < -0.39 is 22.6 Å².